The van der Waals surface area contributed by atoms with Crippen molar-refractivity contribution in [1.29, 1.82) is 0 Å². The van der Waals surface area contributed by atoms with Crippen LogP contribution in [0.2, 0.25) is 10.0 Å². The molecule has 1 aliphatic heterocycles. The van der Waals surface area contributed by atoms with E-state index < -0.39 is 21.7 Å². The van der Waals surface area contributed by atoms with Crippen LogP contribution in [0.5, 0.6) is 0 Å². The van der Waals surface area contributed by atoms with E-state index in [1.807, 2.05) is 0 Å². The Morgan fingerprint density at radius 2 is 1.68 bits per heavy atom. The molecule has 1 heterocycles. The van der Waals surface area contributed by atoms with Crippen molar-refractivity contribution >= 4 is 44.8 Å². The molecule has 0 aromatic heterocycles. The standard InChI is InChI=1S/C19H19Cl2FN2O3S/c20-14-6-8-17(16(22)12-14)23-19(25)13-5-7-15(21)18(11-13)28(26,27)24-9-3-1-2-4-10-24/h5-8,11-12H,1-4,9-10H2,(H,23,25). The Labute approximate surface area is 173 Å². The first kappa shape index (κ1) is 21.0. The van der Waals surface area contributed by atoms with Crippen LogP contribution >= 0.6 is 23.2 Å². The van der Waals surface area contributed by atoms with Gasteiger partial charge in [-0.1, -0.05) is 36.0 Å². The molecule has 2 aromatic rings. The Morgan fingerprint density at radius 3 is 2.32 bits per heavy atom. The molecule has 0 bridgehead atoms. The normalized spacial score (nSPS) is 15.8. The van der Waals surface area contributed by atoms with Crippen molar-refractivity contribution in [2.75, 3.05) is 18.4 Å². The van der Waals surface area contributed by atoms with Gasteiger partial charge >= 0.3 is 0 Å². The van der Waals surface area contributed by atoms with Gasteiger partial charge in [-0.05, 0) is 49.2 Å². The van der Waals surface area contributed by atoms with Crippen molar-refractivity contribution in [2.24, 2.45) is 0 Å². The van der Waals surface area contributed by atoms with Gasteiger partial charge in [0.1, 0.15) is 10.7 Å². The first-order chi connectivity index (χ1) is 13.3. The summed E-state index contributed by atoms with van der Waals surface area (Å²) in [7, 11) is -3.83. The summed E-state index contributed by atoms with van der Waals surface area (Å²) >= 11 is 11.8. The zero-order valence-electron chi connectivity index (χ0n) is 14.9. The average molecular weight is 445 g/mol. The fourth-order valence-corrected chi connectivity index (χ4v) is 5.23. The lowest BCUT2D eigenvalue weighted by atomic mass is 10.2. The number of benzene rings is 2. The summed E-state index contributed by atoms with van der Waals surface area (Å²) in [6.45, 7) is 0.843. The summed E-state index contributed by atoms with van der Waals surface area (Å²) < 4.78 is 41.4. The molecule has 0 spiro atoms. The number of halogens is 3. The summed E-state index contributed by atoms with van der Waals surface area (Å²) in [4.78, 5) is 12.4. The van der Waals surface area contributed by atoms with Gasteiger partial charge in [0.15, 0.2) is 0 Å². The highest BCUT2D eigenvalue weighted by molar-refractivity contribution is 7.89. The number of anilines is 1. The quantitative estimate of drug-likeness (QED) is 0.725. The van der Waals surface area contributed by atoms with Crippen LogP contribution < -0.4 is 5.32 Å². The van der Waals surface area contributed by atoms with Crippen LogP contribution in [-0.4, -0.2) is 31.7 Å². The Morgan fingerprint density at radius 1 is 1.00 bits per heavy atom. The van der Waals surface area contributed by atoms with Gasteiger partial charge in [0.2, 0.25) is 10.0 Å². The van der Waals surface area contributed by atoms with Crippen LogP contribution in [0, 0.1) is 5.82 Å². The zero-order valence-corrected chi connectivity index (χ0v) is 17.2. The van der Waals surface area contributed by atoms with Crippen molar-refractivity contribution in [3.05, 3.63) is 57.8 Å². The lowest BCUT2D eigenvalue weighted by Gasteiger charge is -2.21. The van der Waals surface area contributed by atoms with Crippen molar-refractivity contribution < 1.29 is 17.6 Å². The highest BCUT2D eigenvalue weighted by atomic mass is 35.5. The third-order valence-corrected chi connectivity index (χ3v) is 7.17. The fraction of sp³-hybridized carbons (Fsp3) is 0.316. The van der Waals surface area contributed by atoms with Gasteiger partial charge in [-0.3, -0.25) is 4.79 Å². The van der Waals surface area contributed by atoms with Gasteiger partial charge in [0.05, 0.1) is 10.7 Å². The molecule has 28 heavy (non-hydrogen) atoms. The van der Waals surface area contributed by atoms with Crippen LogP contribution in [0.3, 0.4) is 0 Å². The van der Waals surface area contributed by atoms with Gasteiger partial charge < -0.3 is 5.32 Å². The number of carbonyl (C=O) groups excluding carboxylic acids is 1. The van der Waals surface area contributed by atoms with E-state index in [-0.39, 0.29) is 26.2 Å². The maximum Gasteiger partial charge on any atom is 0.255 e. The zero-order chi connectivity index (χ0) is 20.3. The average Bonchev–Trinajstić information content (AvgIpc) is 2.94. The third kappa shape index (κ3) is 4.66. The molecule has 2 aromatic carbocycles. The Hall–Kier alpha value is -1.67. The predicted octanol–water partition coefficient (Wildman–Crippen LogP) is 4.95. The largest absolute Gasteiger partial charge is 0.319 e. The molecule has 150 valence electrons. The Kier molecular flexibility index (Phi) is 6.60. The summed E-state index contributed by atoms with van der Waals surface area (Å²) in [6.07, 6.45) is 3.53. The van der Waals surface area contributed by atoms with Crippen LogP contribution in [0.4, 0.5) is 10.1 Å². The van der Waals surface area contributed by atoms with Crippen LogP contribution in [0.1, 0.15) is 36.0 Å². The van der Waals surface area contributed by atoms with Gasteiger partial charge in [0, 0.05) is 23.7 Å². The molecule has 1 amide bonds. The second-order valence-corrected chi connectivity index (χ2v) is 9.29. The predicted molar refractivity (Wildman–Crippen MR) is 108 cm³/mol. The van der Waals surface area contributed by atoms with Crippen LogP contribution in [0.15, 0.2) is 41.3 Å². The molecular formula is C19H19Cl2FN2O3S. The van der Waals surface area contributed by atoms with Gasteiger partial charge in [0.25, 0.3) is 5.91 Å². The number of nitrogens with zero attached hydrogens (tertiary/aromatic N) is 1. The number of hydrogen-bond acceptors (Lipinski definition) is 3. The Balaban J connectivity index is 1.89. The number of rotatable bonds is 4. The number of amides is 1. The highest BCUT2D eigenvalue weighted by Crippen LogP contribution is 2.28. The van der Waals surface area contributed by atoms with E-state index in [0.29, 0.717) is 13.1 Å². The second kappa shape index (κ2) is 8.78. The maximum absolute atomic E-state index is 13.9. The fourth-order valence-electron chi connectivity index (χ4n) is 3.05. The van der Waals surface area contributed by atoms with E-state index >= 15 is 0 Å². The molecule has 0 atom stereocenters. The summed E-state index contributed by atoms with van der Waals surface area (Å²) in [5.74, 6) is -1.34. The lowest BCUT2D eigenvalue weighted by Crippen LogP contribution is -2.32. The van der Waals surface area contributed by atoms with Crippen LogP contribution in [-0.2, 0) is 10.0 Å². The van der Waals surface area contributed by atoms with Crippen molar-refractivity contribution in [3.8, 4) is 0 Å². The molecule has 9 heteroatoms. The third-order valence-electron chi connectivity index (χ3n) is 4.56. The minimum absolute atomic E-state index is 0.0403. The van der Waals surface area contributed by atoms with Gasteiger partial charge in [-0.15, -0.1) is 0 Å². The number of carbonyl (C=O) groups is 1. The van der Waals surface area contributed by atoms with E-state index in [4.69, 9.17) is 23.2 Å². The minimum Gasteiger partial charge on any atom is -0.319 e. The minimum atomic E-state index is -3.83. The van der Waals surface area contributed by atoms with Crippen molar-refractivity contribution in [1.82, 2.24) is 4.31 Å². The van der Waals surface area contributed by atoms with E-state index in [1.54, 1.807) is 0 Å². The number of sulfonamides is 1. The molecular weight excluding hydrogens is 426 g/mol. The molecule has 1 aliphatic rings. The number of hydrogen-bond donors (Lipinski definition) is 1. The first-order valence-electron chi connectivity index (χ1n) is 8.85. The lowest BCUT2D eigenvalue weighted by molar-refractivity contribution is 0.102. The van der Waals surface area contributed by atoms with Gasteiger partial charge in [-0.2, -0.15) is 4.31 Å². The molecule has 1 saturated heterocycles. The smallest absolute Gasteiger partial charge is 0.255 e. The summed E-state index contributed by atoms with van der Waals surface area (Å²) in [6, 6.07) is 7.84. The van der Waals surface area contributed by atoms with E-state index in [9.17, 15) is 17.6 Å². The Bertz CT molecular complexity index is 991. The van der Waals surface area contributed by atoms with Crippen molar-refractivity contribution in [2.45, 2.75) is 30.6 Å². The molecule has 0 aliphatic carbocycles. The monoisotopic (exact) mass is 444 g/mol. The van der Waals surface area contributed by atoms with E-state index in [2.05, 4.69) is 5.32 Å². The van der Waals surface area contributed by atoms with Crippen molar-refractivity contribution in [3.63, 3.8) is 0 Å². The molecule has 1 N–H and O–H groups in total. The summed E-state index contributed by atoms with van der Waals surface area (Å²) in [5.41, 5.74) is 0.00780. The maximum atomic E-state index is 13.9. The topological polar surface area (TPSA) is 66.5 Å². The summed E-state index contributed by atoms with van der Waals surface area (Å²) in [5, 5.41) is 2.66. The number of nitrogens with one attached hydrogen (secondary N) is 1. The highest BCUT2D eigenvalue weighted by Gasteiger charge is 2.28. The first-order valence-corrected chi connectivity index (χ1v) is 11.0. The SMILES string of the molecule is O=C(Nc1ccc(Cl)cc1F)c1ccc(Cl)c(S(=O)(=O)N2CCCCCC2)c1. The molecule has 0 saturated carbocycles. The molecule has 3 rings (SSSR count). The van der Waals surface area contributed by atoms with E-state index in [1.165, 1.54) is 34.6 Å². The molecule has 1 fully saturated rings. The van der Waals surface area contributed by atoms with E-state index in [0.717, 1.165) is 31.7 Å². The van der Waals surface area contributed by atoms with Crippen LogP contribution in [0.25, 0.3) is 0 Å². The van der Waals surface area contributed by atoms with Gasteiger partial charge in [-0.25, -0.2) is 12.8 Å². The molecule has 0 unspecified atom stereocenters. The second-order valence-electron chi connectivity index (χ2n) is 6.54. The molecule has 5 nitrogen and oxygen atoms in total. The molecule has 0 radical (unpaired) electrons.